The number of fused-ring (bicyclic) bond motifs is 1. The molecule has 1 aromatic carbocycles. The maximum atomic E-state index is 12.4. The summed E-state index contributed by atoms with van der Waals surface area (Å²) >= 11 is 0. The van der Waals surface area contributed by atoms with E-state index in [9.17, 15) is 14.4 Å². The number of piperidine rings is 1. The van der Waals surface area contributed by atoms with Gasteiger partial charge in [-0.05, 0) is 38.0 Å². The number of nitrogens with one attached hydrogen (secondary N) is 1. The summed E-state index contributed by atoms with van der Waals surface area (Å²) in [5.41, 5.74) is 1.47. The van der Waals surface area contributed by atoms with E-state index >= 15 is 0 Å². The van der Waals surface area contributed by atoms with Crippen LogP contribution in [0, 0.1) is 0 Å². The number of amides is 2. The smallest absolute Gasteiger partial charge is 0.419 e. The number of benzene rings is 1. The third-order valence-corrected chi connectivity index (χ3v) is 4.41. The molecule has 8 nitrogen and oxygen atoms in total. The van der Waals surface area contributed by atoms with Crippen LogP contribution in [0.4, 0.5) is 4.79 Å². The number of hydrogen-bond donors (Lipinski definition) is 1. The third kappa shape index (κ3) is 3.52. The Hall–Kier alpha value is -2.77. The number of hydrogen-bond acceptors (Lipinski definition) is 5. The lowest BCUT2D eigenvalue weighted by molar-refractivity contribution is 0.0860. The molecular weight excluding hydrogens is 326 g/mol. The number of oxazole rings is 1. The fourth-order valence-corrected chi connectivity index (χ4v) is 2.96. The van der Waals surface area contributed by atoms with Gasteiger partial charge in [-0.1, -0.05) is 0 Å². The first-order chi connectivity index (χ1) is 12.0. The standard InChI is InChI=1S/C17H21N3O5/c1-3-24-17(23)20-8-6-12(7-9-20)18-15(21)11-4-5-13-14(10-11)25-16(22)19(13)2/h4-5,10,12H,3,6-9H2,1-2H3,(H,18,21). The molecule has 0 spiro atoms. The van der Waals surface area contributed by atoms with Crippen LogP contribution in [-0.2, 0) is 11.8 Å². The summed E-state index contributed by atoms with van der Waals surface area (Å²) in [6.07, 6.45) is 1.04. The Labute approximate surface area is 144 Å². The van der Waals surface area contributed by atoms with Crippen LogP contribution in [0.2, 0.25) is 0 Å². The van der Waals surface area contributed by atoms with E-state index in [0.29, 0.717) is 49.2 Å². The average molecular weight is 347 g/mol. The highest BCUT2D eigenvalue weighted by Gasteiger charge is 2.25. The summed E-state index contributed by atoms with van der Waals surface area (Å²) in [5.74, 6) is -0.679. The van der Waals surface area contributed by atoms with E-state index in [1.54, 1.807) is 37.1 Å². The van der Waals surface area contributed by atoms with E-state index in [1.807, 2.05) is 0 Å². The Morgan fingerprint density at radius 2 is 2.04 bits per heavy atom. The van der Waals surface area contributed by atoms with Crippen molar-refractivity contribution in [2.45, 2.75) is 25.8 Å². The lowest BCUT2D eigenvalue weighted by Gasteiger charge is -2.31. The molecule has 8 heteroatoms. The van der Waals surface area contributed by atoms with Crippen LogP contribution in [0.15, 0.2) is 27.4 Å². The van der Waals surface area contributed by atoms with Crippen molar-refractivity contribution in [3.8, 4) is 0 Å². The van der Waals surface area contributed by atoms with Crippen LogP contribution in [0.25, 0.3) is 11.1 Å². The number of rotatable bonds is 3. The minimum atomic E-state index is -0.459. The normalized spacial score (nSPS) is 15.4. The SMILES string of the molecule is CCOC(=O)N1CCC(NC(=O)c2ccc3c(c2)oc(=O)n3C)CC1. The molecule has 134 valence electrons. The molecule has 2 amide bonds. The highest BCUT2D eigenvalue weighted by molar-refractivity contribution is 5.97. The summed E-state index contributed by atoms with van der Waals surface area (Å²) in [5, 5.41) is 2.97. The van der Waals surface area contributed by atoms with Crippen LogP contribution >= 0.6 is 0 Å². The molecule has 0 bridgehead atoms. The van der Waals surface area contributed by atoms with E-state index in [2.05, 4.69) is 5.32 Å². The summed E-state index contributed by atoms with van der Waals surface area (Å²) in [6.45, 7) is 3.23. The number of carbonyl (C=O) groups excluding carboxylic acids is 2. The fraction of sp³-hybridized carbons (Fsp3) is 0.471. The van der Waals surface area contributed by atoms with Crippen molar-refractivity contribution in [2.75, 3.05) is 19.7 Å². The average Bonchev–Trinajstić information content (AvgIpc) is 2.89. The first-order valence-corrected chi connectivity index (χ1v) is 8.31. The molecule has 1 N–H and O–H groups in total. The molecule has 1 saturated heterocycles. The molecule has 25 heavy (non-hydrogen) atoms. The Bertz CT molecular complexity index is 846. The van der Waals surface area contributed by atoms with Crippen LogP contribution in [0.3, 0.4) is 0 Å². The van der Waals surface area contributed by atoms with Crippen LogP contribution in [0.1, 0.15) is 30.1 Å². The van der Waals surface area contributed by atoms with Crippen molar-refractivity contribution in [3.05, 3.63) is 34.3 Å². The van der Waals surface area contributed by atoms with Crippen LogP contribution in [0.5, 0.6) is 0 Å². The van der Waals surface area contributed by atoms with E-state index in [-0.39, 0.29) is 18.0 Å². The lowest BCUT2D eigenvalue weighted by atomic mass is 10.0. The Morgan fingerprint density at radius 3 is 2.72 bits per heavy atom. The summed E-state index contributed by atoms with van der Waals surface area (Å²) in [4.78, 5) is 37.3. The molecule has 1 aromatic heterocycles. The molecule has 0 atom stereocenters. The zero-order valence-electron chi connectivity index (χ0n) is 14.3. The Morgan fingerprint density at radius 1 is 1.32 bits per heavy atom. The number of aryl methyl sites for hydroxylation is 1. The lowest BCUT2D eigenvalue weighted by Crippen LogP contribution is -2.46. The maximum Gasteiger partial charge on any atom is 0.419 e. The number of nitrogens with zero attached hydrogens (tertiary/aromatic N) is 2. The third-order valence-electron chi connectivity index (χ3n) is 4.41. The van der Waals surface area contributed by atoms with Gasteiger partial charge in [-0.3, -0.25) is 9.36 Å². The minimum Gasteiger partial charge on any atom is -0.450 e. The number of likely N-dealkylation sites (tertiary alicyclic amines) is 1. The van der Waals surface area contributed by atoms with Gasteiger partial charge in [0.2, 0.25) is 0 Å². The van der Waals surface area contributed by atoms with Gasteiger partial charge in [0.1, 0.15) is 0 Å². The van der Waals surface area contributed by atoms with Gasteiger partial charge in [-0.15, -0.1) is 0 Å². The zero-order chi connectivity index (χ0) is 18.0. The molecule has 0 radical (unpaired) electrons. The number of carbonyl (C=O) groups is 2. The minimum absolute atomic E-state index is 0.00310. The van der Waals surface area contributed by atoms with Gasteiger partial charge in [0.25, 0.3) is 5.91 Å². The van der Waals surface area contributed by atoms with Crippen molar-refractivity contribution < 1.29 is 18.7 Å². The summed E-state index contributed by atoms with van der Waals surface area (Å²) < 4.78 is 11.5. The Kier molecular flexibility index (Phi) is 4.78. The predicted octanol–water partition coefficient (Wildman–Crippen LogP) is 1.48. The van der Waals surface area contributed by atoms with Crippen molar-refractivity contribution in [3.63, 3.8) is 0 Å². The van der Waals surface area contributed by atoms with Crippen molar-refractivity contribution >= 4 is 23.1 Å². The molecule has 0 aliphatic carbocycles. The monoisotopic (exact) mass is 347 g/mol. The molecule has 3 rings (SSSR count). The maximum absolute atomic E-state index is 12.4. The summed E-state index contributed by atoms with van der Waals surface area (Å²) in [7, 11) is 1.62. The van der Waals surface area contributed by atoms with E-state index < -0.39 is 5.76 Å². The van der Waals surface area contributed by atoms with Gasteiger partial charge in [-0.25, -0.2) is 9.59 Å². The largest absolute Gasteiger partial charge is 0.450 e. The molecule has 0 saturated carbocycles. The van der Waals surface area contributed by atoms with Gasteiger partial charge in [-0.2, -0.15) is 0 Å². The quantitative estimate of drug-likeness (QED) is 0.908. The first kappa shape index (κ1) is 17.1. The molecular formula is C17H21N3O5. The highest BCUT2D eigenvalue weighted by atomic mass is 16.6. The number of ether oxygens (including phenoxy) is 1. The predicted molar refractivity (Wildman–Crippen MR) is 90.5 cm³/mol. The molecule has 1 aliphatic heterocycles. The van der Waals surface area contributed by atoms with Crippen molar-refractivity contribution in [1.82, 2.24) is 14.8 Å². The van der Waals surface area contributed by atoms with Gasteiger partial charge in [0.15, 0.2) is 5.58 Å². The van der Waals surface area contributed by atoms with Gasteiger partial charge < -0.3 is 19.4 Å². The molecule has 2 aromatic rings. The second kappa shape index (κ2) is 7.00. The van der Waals surface area contributed by atoms with E-state index in [1.165, 1.54) is 4.57 Å². The zero-order valence-corrected chi connectivity index (χ0v) is 14.3. The fourth-order valence-electron chi connectivity index (χ4n) is 2.96. The first-order valence-electron chi connectivity index (χ1n) is 8.31. The molecule has 0 unspecified atom stereocenters. The van der Waals surface area contributed by atoms with Crippen molar-refractivity contribution in [1.29, 1.82) is 0 Å². The topological polar surface area (TPSA) is 93.8 Å². The van der Waals surface area contributed by atoms with E-state index in [0.717, 1.165) is 0 Å². The second-order valence-corrected chi connectivity index (χ2v) is 6.04. The number of aromatic nitrogens is 1. The van der Waals surface area contributed by atoms with Gasteiger partial charge in [0.05, 0.1) is 12.1 Å². The van der Waals surface area contributed by atoms with E-state index in [4.69, 9.17) is 9.15 Å². The molecule has 1 aliphatic rings. The highest BCUT2D eigenvalue weighted by Crippen LogP contribution is 2.16. The van der Waals surface area contributed by atoms with Crippen LogP contribution < -0.4 is 11.1 Å². The molecule has 2 heterocycles. The summed E-state index contributed by atoms with van der Waals surface area (Å²) in [6, 6.07) is 4.93. The second-order valence-electron chi connectivity index (χ2n) is 6.04. The Balaban J connectivity index is 1.61. The van der Waals surface area contributed by atoms with Gasteiger partial charge >= 0.3 is 11.8 Å². The van der Waals surface area contributed by atoms with Crippen molar-refractivity contribution in [2.24, 2.45) is 7.05 Å². The van der Waals surface area contributed by atoms with Gasteiger partial charge in [0, 0.05) is 31.7 Å². The van der Waals surface area contributed by atoms with Crippen LogP contribution in [-0.4, -0.2) is 47.2 Å². The molecule has 1 fully saturated rings.